The highest BCUT2D eigenvalue weighted by Crippen LogP contribution is 2.26. The number of hydrogen-bond donors (Lipinski definition) is 2. The van der Waals surface area contributed by atoms with Gasteiger partial charge in [-0.2, -0.15) is 0 Å². The molecule has 0 aliphatic carbocycles. The highest BCUT2D eigenvalue weighted by atomic mass is 35.5. The molecule has 0 unspecified atom stereocenters. The fourth-order valence-electron chi connectivity index (χ4n) is 2.92. The van der Waals surface area contributed by atoms with Crippen molar-refractivity contribution in [2.45, 2.75) is 31.6 Å². The Balaban J connectivity index is 1.65. The molecular weight excluding hydrogens is 493 g/mol. The summed E-state index contributed by atoms with van der Waals surface area (Å²) in [6, 6.07) is 11.2. The number of benzene rings is 2. The summed E-state index contributed by atoms with van der Waals surface area (Å²) in [6.07, 6.45) is 0. The van der Waals surface area contributed by atoms with Crippen LogP contribution in [0.15, 0.2) is 47.6 Å². The summed E-state index contributed by atoms with van der Waals surface area (Å²) >= 11 is 19.4. The van der Waals surface area contributed by atoms with E-state index in [4.69, 9.17) is 34.8 Å². The number of aromatic nitrogens is 3. The van der Waals surface area contributed by atoms with E-state index in [0.29, 0.717) is 43.8 Å². The van der Waals surface area contributed by atoms with Crippen molar-refractivity contribution in [2.24, 2.45) is 0 Å². The molecule has 0 saturated heterocycles. The second kappa shape index (κ2) is 11.0. The van der Waals surface area contributed by atoms with Gasteiger partial charge in [0.25, 0.3) is 5.91 Å². The third-order valence-electron chi connectivity index (χ3n) is 4.45. The summed E-state index contributed by atoms with van der Waals surface area (Å²) in [6.45, 7) is 4.32. The molecule has 2 amide bonds. The highest BCUT2D eigenvalue weighted by molar-refractivity contribution is 7.99. The number of thioether (sulfide) groups is 1. The standard InChI is InChI=1S/C21H20Cl3N5O2S/c1-3-29-19(12(2)25-20(31)14-6-4-5-7-15(14)23)27-28-21(29)32-11-18(30)26-17-10-13(22)8-9-16(17)24/h4-10,12H,3,11H2,1-2H3,(H,25,31)(H,26,30)/t12-/m0/s1. The first-order valence-corrected chi connectivity index (χ1v) is 11.8. The summed E-state index contributed by atoms with van der Waals surface area (Å²) in [7, 11) is 0. The van der Waals surface area contributed by atoms with Gasteiger partial charge in [-0.05, 0) is 44.2 Å². The quantitative estimate of drug-likeness (QED) is 0.390. The molecule has 0 saturated carbocycles. The number of amides is 2. The van der Waals surface area contributed by atoms with E-state index in [-0.39, 0.29) is 17.6 Å². The molecule has 1 atom stereocenters. The molecular formula is C21H20Cl3N5O2S. The first-order valence-electron chi connectivity index (χ1n) is 9.66. The molecule has 7 nitrogen and oxygen atoms in total. The van der Waals surface area contributed by atoms with Gasteiger partial charge in [0, 0.05) is 11.6 Å². The van der Waals surface area contributed by atoms with Crippen molar-refractivity contribution in [1.82, 2.24) is 20.1 Å². The Morgan fingerprint density at radius 2 is 1.84 bits per heavy atom. The van der Waals surface area contributed by atoms with E-state index in [9.17, 15) is 9.59 Å². The zero-order valence-corrected chi connectivity index (χ0v) is 20.3. The Morgan fingerprint density at radius 3 is 2.56 bits per heavy atom. The maximum atomic E-state index is 12.6. The van der Waals surface area contributed by atoms with E-state index in [1.807, 2.05) is 18.4 Å². The Kier molecular flexibility index (Phi) is 8.42. The zero-order chi connectivity index (χ0) is 23.3. The van der Waals surface area contributed by atoms with Crippen molar-refractivity contribution in [3.63, 3.8) is 0 Å². The van der Waals surface area contributed by atoms with E-state index < -0.39 is 6.04 Å². The molecule has 0 fully saturated rings. The summed E-state index contributed by atoms with van der Waals surface area (Å²) in [5.41, 5.74) is 0.827. The summed E-state index contributed by atoms with van der Waals surface area (Å²) in [4.78, 5) is 24.9. The van der Waals surface area contributed by atoms with Crippen LogP contribution in [0.4, 0.5) is 5.69 Å². The summed E-state index contributed by atoms with van der Waals surface area (Å²) < 4.78 is 1.85. The Hall–Kier alpha value is -2.26. The van der Waals surface area contributed by atoms with Gasteiger partial charge < -0.3 is 15.2 Å². The highest BCUT2D eigenvalue weighted by Gasteiger charge is 2.21. The van der Waals surface area contributed by atoms with Gasteiger partial charge in [0.05, 0.1) is 33.1 Å². The molecule has 32 heavy (non-hydrogen) atoms. The Bertz CT molecular complexity index is 1140. The molecule has 0 radical (unpaired) electrons. The third-order valence-corrected chi connectivity index (χ3v) is 6.31. The number of nitrogens with one attached hydrogen (secondary N) is 2. The fourth-order valence-corrected chi connectivity index (χ4v) is 4.29. The smallest absolute Gasteiger partial charge is 0.253 e. The van der Waals surface area contributed by atoms with Gasteiger partial charge in [0.15, 0.2) is 11.0 Å². The maximum absolute atomic E-state index is 12.6. The minimum atomic E-state index is -0.417. The van der Waals surface area contributed by atoms with Crippen molar-refractivity contribution < 1.29 is 9.59 Å². The molecule has 11 heteroatoms. The number of anilines is 1. The minimum Gasteiger partial charge on any atom is -0.342 e. The van der Waals surface area contributed by atoms with Crippen LogP contribution in [0.3, 0.4) is 0 Å². The van der Waals surface area contributed by atoms with Gasteiger partial charge in [-0.25, -0.2) is 0 Å². The molecule has 1 aromatic heterocycles. The van der Waals surface area contributed by atoms with Gasteiger partial charge in [-0.1, -0.05) is 58.7 Å². The predicted octanol–water partition coefficient (Wildman–Crippen LogP) is 5.48. The van der Waals surface area contributed by atoms with Gasteiger partial charge in [0.2, 0.25) is 5.91 Å². The number of nitrogens with zero attached hydrogens (tertiary/aromatic N) is 3. The number of carbonyl (C=O) groups excluding carboxylic acids is 2. The molecule has 0 aliphatic rings. The van der Waals surface area contributed by atoms with Crippen molar-refractivity contribution in [2.75, 3.05) is 11.1 Å². The van der Waals surface area contributed by atoms with Gasteiger partial charge in [-0.3, -0.25) is 9.59 Å². The lowest BCUT2D eigenvalue weighted by molar-refractivity contribution is -0.113. The fraction of sp³-hybridized carbons (Fsp3) is 0.238. The molecule has 1 heterocycles. The molecule has 3 rings (SSSR count). The zero-order valence-electron chi connectivity index (χ0n) is 17.2. The van der Waals surface area contributed by atoms with Crippen molar-refractivity contribution in [1.29, 1.82) is 0 Å². The summed E-state index contributed by atoms with van der Waals surface area (Å²) in [5, 5.41) is 15.8. The van der Waals surface area contributed by atoms with E-state index in [1.165, 1.54) is 11.8 Å². The van der Waals surface area contributed by atoms with Crippen LogP contribution in [-0.2, 0) is 11.3 Å². The van der Waals surface area contributed by atoms with Crippen LogP contribution >= 0.6 is 46.6 Å². The van der Waals surface area contributed by atoms with Crippen LogP contribution in [0.1, 0.15) is 36.1 Å². The van der Waals surface area contributed by atoms with Gasteiger partial charge in [-0.15, -0.1) is 10.2 Å². The molecule has 2 aromatic carbocycles. The predicted molar refractivity (Wildman–Crippen MR) is 129 cm³/mol. The second-order valence-electron chi connectivity index (χ2n) is 6.72. The van der Waals surface area contributed by atoms with E-state index in [2.05, 4.69) is 20.8 Å². The molecule has 0 bridgehead atoms. The normalized spacial score (nSPS) is 11.8. The largest absolute Gasteiger partial charge is 0.342 e. The number of hydrogen-bond acceptors (Lipinski definition) is 5. The van der Waals surface area contributed by atoms with E-state index in [0.717, 1.165) is 0 Å². The second-order valence-corrected chi connectivity index (χ2v) is 8.91. The van der Waals surface area contributed by atoms with Gasteiger partial charge in [0.1, 0.15) is 0 Å². The number of rotatable bonds is 8. The van der Waals surface area contributed by atoms with Gasteiger partial charge >= 0.3 is 0 Å². The Morgan fingerprint density at radius 1 is 1.09 bits per heavy atom. The van der Waals surface area contributed by atoms with Crippen LogP contribution in [0.25, 0.3) is 0 Å². The number of carbonyl (C=O) groups is 2. The molecule has 168 valence electrons. The van der Waals surface area contributed by atoms with Crippen molar-refractivity contribution in [3.8, 4) is 0 Å². The summed E-state index contributed by atoms with van der Waals surface area (Å²) in [5.74, 6) is 0.113. The first-order chi connectivity index (χ1) is 15.3. The average molecular weight is 513 g/mol. The maximum Gasteiger partial charge on any atom is 0.253 e. The van der Waals surface area contributed by atoms with Crippen LogP contribution < -0.4 is 10.6 Å². The van der Waals surface area contributed by atoms with E-state index >= 15 is 0 Å². The number of halogens is 3. The molecule has 0 spiro atoms. The van der Waals surface area contributed by atoms with Crippen LogP contribution in [0.5, 0.6) is 0 Å². The van der Waals surface area contributed by atoms with Crippen LogP contribution in [-0.4, -0.2) is 32.3 Å². The van der Waals surface area contributed by atoms with Crippen molar-refractivity contribution >= 4 is 64.1 Å². The SMILES string of the molecule is CCn1c(SCC(=O)Nc2cc(Cl)ccc2Cl)nnc1[C@H](C)NC(=O)c1ccccc1Cl. The lowest BCUT2D eigenvalue weighted by Crippen LogP contribution is -2.29. The van der Waals surface area contributed by atoms with E-state index in [1.54, 1.807) is 42.5 Å². The third kappa shape index (κ3) is 5.95. The molecule has 3 aromatic rings. The van der Waals surface area contributed by atoms with Crippen LogP contribution in [0.2, 0.25) is 15.1 Å². The lowest BCUT2D eigenvalue weighted by Gasteiger charge is -2.15. The minimum absolute atomic E-state index is 0.0986. The average Bonchev–Trinajstić information content (AvgIpc) is 3.18. The van der Waals surface area contributed by atoms with Crippen molar-refractivity contribution in [3.05, 3.63) is 68.9 Å². The Labute approximate surface area is 204 Å². The molecule has 0 aliphatic heterocycles. The molecule has 2 N–H and O–H groups in total. The monoisotopic (exact) mass is 511 g/mol. The van der Waals surface area contributed by atoms with Crippen LogP contribution in [0, 0.1) is 0 Å². The topological polar surface area (TPSA) is 88.9 Å². The first kappa shape index (κ1) is 24.4. The lowest BCUT2D eigenvalue weighted by atomic mass is 10.2.